The minimum absolute atomic E-state index is 0.0605. The minimum atomic E-state index is -0.572. The van der Waals surface area contributed by atoms with Crippen molar-refractivity contribution in [2.45, 2.75) is 0 Å². The second kappa shape index (κ2) is 5.31. The standard InChI is InChI=1S/C12H7Cl3FNO/c1-18-12-7(4-17-5-9(12)16)6-2-3-8(13)11(15)10(6)14/h2-5H,1H3. The van der Waals surface area contributed by atoms with Crippen molar-refractivity contribution < 1.29 is 9.13 Å². The lowest BCUT2D eigenvalue weighted by molar-refractivity contribution is 0.387. The normalized spacial score (nSPS) is 10.5. The Kier molecular flexibility index (Phi) is 3.95. The molecule has 6 heteroatoms. The van der Waals surface area contributed by atoms with E-state index >= 15 is 0 Å². The number of nitrogens with zero attached hydrogens (tertiary/aromatic N) is 1. The van der Waals surface area contributed by atoms with Crippen LogP contribution >= 0.6 is 34.8 Å². The first-order chi connectivity index (χ1) is 8.56. The van der Waals surface area contributed by atoms with Gasteiger partial charge in [0, 0.05) is 17.3 Å². The summed E-state index contributed by atoms with van der Waals surface area (Å²) >= 11 is 17.9. The lowest BCUT2D eigenvalue weighted by Crippen LogP contribution is -1.94. The van der Waals surface area contributed by atoms with Gasteiger partial charge in [0.25, 0.3) is 0 Å². The van der Waals surface area contributed by atoms with Crippen molar-refractivity contribution in [2.75, 3.05) is 7.11 Å². The Morgan fingerprint density at radius 1 is 1.06 bits per heavy atom. The molecule has 0 aliphatic rings. The van der Waals surface area contributed by atoms with Crippen molar-refractivity contribution in [3.8, 4) is 16.9 Å². The summed E-state index contributed by atoms with van der Waals surface area (Å²) in [5.74, 6) is -0.512. The molecule has 0 spiro atoms. The maximum atomic E-state index is 13.6. The maximum Gasteiger partial charge on any atom is 0.183 e. The number of aromatic nitrogens is 1. The molecule has 0 aliphatic heterocycles. The van der Waals surface area contributed by atoms with Gasteiger partial charge in [-0.2, -0.15) is 0 Å². The highest BCUT2D eigenvalue weighted by molar-refractivity contribution is 6.49. The van der Waals surface area contributed by atoms with E-state index in [-0.39, 0.29) is 15.8 Å². The van der Waals surface area contributed by atoms with E-state index in [0.717, 1.165) is 6.20 Å². The van der Waals surface area contributed by atoms with Crippen LogP contribution < -0.4 is 4.74 Å². The van der Waals surface area contributed by atoms with Crippen molar-refractivity contribution in [1.29, 1.82) is 0 Å². The SMILES string of the molecule is COc1c(F)cncc1-c1ccc(Cl)c(Cl)c1Cl. The van der Waals surface area contributed by atoms with E-state index in [2.05, 4.69) is 4.98 Å². The molecule has 1 heterocycles. The summed E-state index contributed by atoms with van der Waals surface area (Å²) in [5, 5.41) is 0.769. The van der Waals surface area contributed by atoms with Crippen molar-refractivity contribution >= 4 is 34.8 Å². The summed E-state index contributed by atoms with van der Waals surface area (Å²) in [6.45, 7) is 0. The molecule has 2 aromatic rings. The topological polar surface area (TPSA) is 22.1 Å². The number of benzene rings is 1. The second-order valence-corrected chi connectivity index (χ2v) is 4.59. The summed E-state index contributed by atoms with van der Waals surface area (Å²) in [5.41, 5.74) is 0.927. The molecule has 0 fully saturated rings. The molecule has 2 nitrogen and oxygen atoms in total. The largest absolute Gasteiger partial charge is 0.493 e. The first-order valence-corrected chi connectivity index (χ1v) is 6.01. The van der Waals surface area contributed by atoms with Crippen LogP contribution in [0.2, 0.25) is 15.1 Å². The highest BCUT2D eigenvalue weighted by atomic mass is 35.5. The van der Waals surface area contributed by atoms with Gasteiger partial charge in [0.15, 0.2) is 11.6 Å². The average Bonchev–Trinajstić information content (AvgIpc) is 2.36. The molecule has 0 saturated heterocycles. The van der Waals surface area contributed by atoms with Gasteiger partial charge < -0.3 is 4.74 Å². The zero-order chi connectivity index (χ0) is 13.3. The molecule has 0 aliphatic carbocycles. The van der Waals surface area contributed by atoms with E-state index < -0.39 is 5.82 Å². The Morgan fingerprint density at radius 3 is 2.44 bits per heavy atom. The number of methoxy groups -OCH3 is 1. The lowest BCUT2D eigenvalue weighted by atomic mass is 10.1. The van der Waals surface area contributed by atoms with Crippen LogP contribution in [0.4, 0.5) is 4.39 Å². The van der Waals surface area contributed by atoms with Gasteiger partial charge in [0.1, 0.15) is 0 Å². The van der Waals surface area contributed by atoms with E-state index in [1.807, 2.05) is 0 Å². The second-order valence-electron chi connectivity index (χ2n) is 3.43. The maximum absolute atomic E-state index is 13.6. The molecule has 1 aromatic heterocycles. The van der Waals surface area contributed by atoms with Crippen LogP contribution in [0.5, 0.6) is 5.75 Å². The Hall–Kier alpha value is -1.03. The number of pyridine rings is 1. The predicted molar refractivity (Wildman–Crippen MR) is 71.2 cm³/mol. The summed E-state index contributed by atoms with van der Waals surface area (Å²) in [7, 11) is 1.37. The van der Waals surface area contributed by atoms with E-state index in [4.69, 9.17) is 39.5 Å². The molecule has 0 N–H and O–H groups in total. The number of rotatable bonds is 2. The van der Waals surface area contributed by atoms with Crippen molar-refractivity contribution in [3.05, 3.63) is 45.4 Å². The Labute approximate surface area is 118 Å². The van der Waals surface area contributed by atoms with Crippen LogP contribution in [0.3, 0.4) is 0 Å². The third-order valence-corrected chi connectivity index (χ3v) is 3.68. The molecule has 0 bridgehead atoms. The van der Waals surface area contributed by atoms with Gasteiger partial charge in [0.05, 0.1) is 28.4 Å². The van der Waals surface area contributed by atoms with Crippen molar-refractivity contribution in [1.82, 2.24) is 4.98 Å². The van der Waals surface area contributed by atoms with Gasteiger partial charge in [-0.1, -0.05) is 40.9 Å². The Bertz CT molecular complexity index is 604. The smallest absolute Gasteiger partial charge is 0.183 e. The van der Waals surface area contributed by atoms with Crippen LogP contribution in [-0.4, -0.2) is 12.1 Å². The third kappa shape index (κ3) is 2.26. The fourth-order valence-corrected chi connectivity index (χ4v) is 2.19. The monoisotopic (exact) mass is 305 g/mol. The van der Waals surface area contributed by atoms with Gasteiger partial charge >= 0.3 is 0 Å². The first kappa shape index (κ1) is 13.4. The summed E-state index contributed by atoms with van der Waals surface area (Å²) in [6.07, 6.45) is 2.52. The van der Waals surface area contributed by atoms with E-state index in [9.17, 15) is 4.39 Å². The van der Waals surface area contributed by atoms with Crippen LogP contribution in [0.25, 0.3) is 11.1 Å². The lowest BCUT2D eigenvalue weighted by Gasteiger charge is -2.11. The van der Waals surface area contributed by atoms with Gasteiger partial charge in [-0.15, -0.1) is 0 Å². The van der Waals surface area contributed by atoms with Crippen molar-refractivity contribution in [2.24, 2.45) is 0 Å². The van der Waals surface area contributed by atoms with Crippen LogP contribution in [0.15, 0.2) is 24.5 Å². The molecule has 94 valence electrons. The van der Waals surface area contributed by atoms with E-state index in [0.29, 0.717) is 16.1 Å². The molecular formula is C12H7Cl3FNO. The van der Waals surface area contributed by atoms with Crippen LogP contribution in [0, 0.1) is 5.82 Å². The highest BCUT2D eigenvalue weighted by Crippen LogP contribution is 2.41. The van der Waals surface area contributed by atoms with Crippen LogP contribution in [-0.2, 0) is 0 Å². The Balaban J connectivity index is 2.70. The van der Waals surface area contributed by atoms with E-state index in [1.54, 1.807) is 12.1 Å². The fraction of sp³-hybridized carbons (Fsp3) is 0.0833. The molecule has 1 aromatic carbocycles. The van der Waals surface area contributed by atoms with E-state index in [1.165, 1.54) is 13.3 Å². The molecule has 2 rings (SSSR count). The molecule has 0 radical (unpaired) electrons. The van der Waals surface area contributed by atoms with Crippen LogP contribution in [0.1, 0.15) is 0 Å². The molecule has 0 unspecified atom stereocenters. The van der Waals surface area contributed by atoms with Crippen molar-refractivity contribution in [3.63, 3.8) is 0 Å². The zero-order valence-electron chi connectivity index (χ0n) is 9.18. The minimum Gasteiger partial charge on any atom is -0.493 e. The zero-order valence-corrected chi connectivity index (χ0v) is 11.4. The number of halogens is 4. The summed E-state index contributed by atoms with van der Waals surface area (Å²) in [4.78, 5) is 3.77. The highest BCUT2D eigenvalue weighted by Gasteiger charge is 2.16. The number of hydrogen-bond donors (Lipinski definition) is 0. The number of ether oxygens (including phenoxy) is 1. The summed E-state index contributed by atoms with van der Waals surface area (Å²) < 4.78 is 18.6. The Morgan fingerprint density at radius 2 is 1.78 bits per heavy atom. The molecule has 0 amide bonds. The molecule has 0 saturated carbocycles. The third-order valence-electron chi connectivity index (χ3n) is 2.38. The van der Waals surface area contributed by atoms with Gasteiger partial charge in [-0.3, -0.25) is 4.98 Å². The molecule has 0 atom stereocenters. The summed E-state index contributed by atoms with van der Waals surface area (Å²) in [6, 6.07) is 3.21. The predicted octanol–water partition coefficient (Wildman–Crippen LogP) is 4.86. The van der Waals surface area contributed by atoms with Gasteiger partial charge in [0.2, 0.25) is 0 Å². The average molecular weight is 307 g/mol. The fourth-order valence-electron chi connectivity index (χ4n) is 1.56. The van der Waals surface area contributed by atoms with Gasteiger partial charge in [-0.05, 0) is 6.07 Å². The number of hydrogen-bond acceptors (Lipinski definition) is 2. The molecular weight excluding hydrogens is 299 g/mol. The first-order valence-electron chi connectivity index (χ1n) is 4.87. The molecule has 18 heavy (non-hydrogen) atoms. The van der Waals surface area contributed by atoms with Gasteiger partial charge in [-0.25, -0.2) is 4.39 Å². The quantitative estimate of drug-likeness (QED) is 0.739.